The third-order valence-corrected chi connectivity index (χ3v) is 3.62. The number of rotatable bonds is 4. The SMILES string of the molecule is CCCC1CCCCN1c1nc(Cl)ncc1[N+](=O)[O-]. The number of nitro groups is 1. The quantitative estimate of drug-likeness (QED) is 0.482. The number of hydrogen-bond donors (Lipinski definition) is 0. The molecule has 1 aliphatic heterocycles. The maximum atomic E-state index is 11.1. The van der Waals surface area contributed by atoms with Gasteiger partial charge in [0, 0.05) is 12.6 Å². The van der Waals surface area contributed by atoms with Gasteiger partial charge < -0.3 is 4.90 Å². The van der Waals surface area contributed by atoms with Crippen LogP contribution in [0.15, 0.2) is 6.20 Å². The van der Waals surface area contributed by atoms with Crippen molar-refractivity contribution in [1.29, 1.82) is 0 Å². The van der Waals surface area contributed by atoms with E-state index in [2.05, 4.69) is 16.9 Å². The van der Waals surface area contributed by atoms with Gasteiger partial charge in [0.05, 0.1) is 4.92 Å². The van der Waals surface area contributed by atoms with Crippen molar-refractivity contribution in [2.45, 2.75) is 45.1 Å². The molecule has 1 saturated heterocycles. The van der Waals surface area contributed by atoms with Gasteiger partial charge in [0.1, 0.15) is 6.20 Å². The Morgan fingerprint density at radius 1 is 1.58 bits per heavy atom. The van der Waals surface area contributed by atoms with E-state index in [1.54, 1.807) is 0 Å². The minimum atomic E-state index is -0.441. The summed E-state index contributed by atoms with van der Waals surface area (Å²) in [5.41, 5.74) is -0.0626. The van der Waals surface area contributed by atoms with Gasteiger partial charge in [-0.2, -0.15) is 4.98 Å². The Bertz CT molecular complexity index is 467. The molecule has 0 radical (unpaired) electrons. The van der Waals surface area contributed by atoms with E-state index >= 15 is 0 Å². The first-order chi connectivity index (χ1) is 9.13. The van der Waals surface area contributed by atoms with Crippen molar-refractivity contribution in [3.63, 3.8) is 0 Å². The summed E-state index contributed by atoms with van der Waals surface area (Å²) in [5, 5.41) is 11.2. The van der Waals surface area contributed by atoms with E-state index in [0.717, 1.165) is 38.6 Å². The van der Waals surface area contributed by atoms with E-state index in [0.29, 0.717) is 11.9 Å². The van der Waals surface area contributed by atoms with Gasteiger partial charge in [-0.05, 0) is 37.3 Å². The molecule has 1 fully saturated rings. The Hall–Kier alpha value is -1.43. The molecule has 1 unspecified atom stereocenters. The summed E-state index contributed by atoms with van der Waals surface area (Å²) >= 11 is 5.79. The second-order valence-electron chi connectivity index (χ2n) is 4.74. The van der Waals surface area contributed by atoms with Crippen LogP contribution in [0, 0.1) is 10.1 Å². The first-order valence-electron chi connectivity index (χ1n) is 6.57. The maximum absolute atomic E-state index is 11.1. The molecule has 1 aromatic rings. The van der Waals surface area contributed by atoms with Gasteiger partial charge in [0.2, 0.25) is 11.1 Å². The average molecular weight is 285 g/mol. The van der Waals surface area contributed by atoms with Gasteiger partial charge in [0.25, 0.3) is 0 Å². The molecule has 19 heavy (non-hydrogen) atoms. The molecule has 0 spiro atoms. The van der Waals surface area contributed by atoms with Crippen molar-refractivity contribution in [3.8, 4) is 0 Å². The topological polar surface area (TPSA) is 72.2 Å². The van der Waals surface area contributed by atoms with E-state index in [9.17, 15) is 10.1 Å². The number of hydrogen-bond acceptors (Lipinski definition) is 5. The summed E-state index contributed by atoms with van der Waals surface area (Å²) < 4.78 is 0. The molecule has 2 rings (SSSR count). The van der Waals surface area contributed by atoms with E-state index < -0.39 is 4.92 Å². The summed E-state index contributed by atoms with van der Waals surface area (Å²) in [5.74, 6) is 0.364. The van der Waals surface area contributed by atoms with E-state index in [4.69, 9.17) is 11.6 Å². The van der Waals surface area contributed by atoms with E-state index in [1.165, 1.54) is 6.20 Å². The molecule has 0 saturated carbocycles. The Morgan fingerprint density at radius 2 is 2.37 bits per heavy atom. The van der Waals surface area contributed by atoms with Crippen LogP contribution in [0.1, 0.15) is 39.0 Å². The lowest BCUT2D eigenvalue weighted by Gasteiger charge is -2.36. The van der Waals surface area contributed by atoms with Crippen LogP contribution in [-0.2, 0) is 0 Å². The number of piperidine rings is 1. The minimum absolute atomic E-state index is 0.0569. The lowest BCUT2D eigenvalue weighted by atomic mass is 9.98. The first-order valence-corrected chi connectivity index (χ1v) is 6.95. The zero-order chi connectivity index (χ0) is 13.8. The second kappa shape index (κ2) is 6.14. The lowest BCUT2D eigenvalue weighted by Crippen LogP contribution is -2.40. The molecule has 1 atom stereocenters. The predicted octanol–water partition coefficient (Wildman–Crippen LogP) is 3.20. The number of nitrogens with zero attached hydrogens (tertiary/aromatic N) is 4. The van der Waals surface area contributed by atoms with Gasteiger partial charge in [-0.25, -0.2) is 4.98 Å². The molecule has 6 nitrogen and oxygen atoms in total. The fourth-order valence-electron chi connectivity index (χ4n) is 2.60. The van der Waals surface area contributed by atoms with Crippen LogP contribution in [0.5, 0.6) is 0 Å². The molecule has 0 amide bonds. The highest BCUT2D eigenvalue weighted by Crippen LogP contribution is 2.32. The van der Waals surface area contributed by atoms with Gasteiger partial charge in [-0.3, -0.25) is 10.1 Å². The summed E-state index contributed by atoms with van der Waals surface area (Å²) in [4.78, 5) is 20.5. The Labute approximate surface area is 117 Å². The van der Waals surface area contributed by atoms with Crippen LogP contribution < -0.4 is 4.90 Å². The normalized spacial score (nSPS) is 19.5. The molecule has 0 bridgehead atoms. The third kappa shape index (κ3) is 3.12. The van der Waals surface area contributed by atoms with Crippen molar-refractivity contribution in [1.82, 2.24) is 9.97 Å². The minimum Gasteiger partial charge on any atom is -0.348 e. The molecule has 2 heterocycles. The zero-order valence-electron chi connectivity index (χ0n) is 10.9. The molecule has 1 aliphatic rings. The molecular formula is C12H17ClN4O2. The number of aromatic nitrogens is 2. The van der Waals surface area contributed by atoms with Crippen LogP contribution in [0.2, 0.25) is 5.28 Å². The maximum Gasteiger partial charge on any atom is 0.329 e. The van der Waals surface area contributed by atoms with Crippen LogP contribution in [0.4, 0.5) is 11.5 Å². The van der Waals surface area contributed by atoms with Crippen LogP contribution in [0.3, 0.4) is 0 Å². The van der Waals surface area contributed by atoms with Gasteiger partial charge in [0.15, 0.2) is 0 Å². The zero-order valence-corrected chi connectivity index (χ0v) is 11.6. The van der Waals surface area contributed by atoms with Gasteiger partial charge in [-0.15, -0.1) is 0 Å². The van der Waals surface area contributed by atoms with Gasteiger partial charge in [-0.1, -0.05) is 13.3 Å². The van der Waals surface area contributed by atoms with E-state index in [-0.39, 0.29) is 11.0 Å². The van der Waals surface area contributed by atoms with Crippen LogP contribution in [-0.4, -0.2) is 27.5 Å². The molecule has 0 aliphatic carbocycles. The fourth-order valence-corrected chi connectivity index (χ4v) is 2.73. The Morgan fingerprint density at radius 3 is 3.05 bits per heavy atom. The smallest absolute Gasteiger partial charge is 0.329 e. The highest BCUT2D eigenvalue weighted by molar-refractivity contribution is 6.28. The summed E-state index contributed by atoms with van der Waals surface area (Å²) in [6.45, 7) is 2.91. The largest absolute Gasteiger partial charge is 0.348 e. The monoisotopic (exact) mass is 284 g/mol. The van der Waals surface area contributed by atoms with Crippen molar-refractivity contribution in [2.24, 2.45) is 0 Å². The van der Waals surface area contributed by atoms with Crippen molar-refractivity contribution >= 4 is 23.1 Å². The lowest BCUT2D eigenvalue weighted by molar-refractivity contribution is -0.384. The molecule has 104 valence electrons. The summed E-state index contributed by atoms with van der Waals surface area (Å²) in [7, 11) is 0. The first kappa shape index (κ1) is 14.0. The number of anilines is 1. The fraction of sp³-hybridized carbons (Fsp3) is 0.667. The molecular weight excluding hydrogens is 268 g/mol. The highest BCUT2D eigenvalue weighted by Gasteiger charge is 2.29. The van der Waals surface area contributed by atoms with E-state index in [1.807, 2.05) is 4.90 Å². The van der Waals surface area contributed by atoms with Crippen molar-refractivity contribution in [2.75, 3.05) is 11.4 Å². The Kier molecular flexibility index (Phi) is 4.52. The highest BCUT2D eigenvalue weighted by atomic mass is 35.5. The average Bonchev–Trinajstić information content (AvgIpc) is 2.39. The van der Waals surface area contributed by atoms with Crippen molar-refractivity contribution in [3.05, 3.63) is 21.6 Å². The standard InChI is InChI=1S/C12H17ClN4O2/c1-2-5-9-6-3-4-7-16(9)11-10(17(18)19)8-14-12(13)15-11/h8-9H,2-7H2,1H3. The van der Waals surface area contributed by atoms with Crippen LogP contribution >= 0.6 is 11.6 Å². The van der Waals surface area contributed by atoms with Gasteiger partial charge >= 0.3 is 5.69 Å². The third-order valence-electron chi connectivity index (χ3n) is 3.44. The molecule has 0 N–H and O–H groups in total. The predicted molar refractivity (Wildman–Crippen MR) is 73.6 cm³/mol. The molecule has 1 aromatic heterocycles. The second-order valence-corrected chi connectivity index (χ2v) is 5.07. The summed E-state index contributed by atoms with van der Waals surface area (Å²) in [6.07, 6.45) is 6.49. The number of halogens is 1. The van der Waals surface area contributed by atoms with Crippen LogP contribution in [0.25, 0.3) is 0 Å². The molecule has 0 aromatic carbocycles. The van der Waals surface area contributed by atoms with Crippen molar-refractivity contribution < 1.29 is 4.92 Å². The molecule has 7 heteroatoms. The summed E-state index contributed by atoms with van der Waals surface area (Å²) in [6, 6.07) is 0.309. The Balaban J connectivity index is 2.37.